The molecule has 0 bridgehead atoms. The maximum absolute atomic E-state index is 5.72. The molecule has 1 rings (SSSR count). The molecule has 1 heterocycles. The quantitative estimate of drug-likeness (QED) is 0.199. The zero-order valence-electron chi connectivity index (χ0n) is 16.6. The number of nitrogens with one attached hydrogen (secondary N) is 2. The van der Waals surface area contributed by atoms with E-state index in [1.54, 1.807) is 0 Å². The van der Waals surface area contributed by atoms with Gasteiger partial charge in [0.1, 0.15) is 0 Å². The van der Waals surface area contributed by atoms with Gasteiger partial charge < -0.3 is 20.1 Å². The second kappa shape index (κ2) is 16.1. The first-order chi connectivity index (χ1) is 11.7. The van der Waals surface area contributed by atoms with Crippen LogP contribution in [0.1, 0.15) is 40.5 Å². The average Bonchev–Trinajstić information content (AvgIpc) is 3.07. The van der Waals surface area contributed by atoms with Crippen LogP contribution in [0.5, 0.6) is 0 Å². The highest BCUT2D eigenvalue weighted by Gasteiger charge is 2.15. The van der Waals surface area contributed by atoms with Crippen molar-refractivity contribution in [3.8, 4) is 0 Å². The summed E-state index contributed by atoms with van der Waals surface area (Å²) in [6.45, 7) is 16.8. The van der Waals surface area contributed by atoms with Gasteiger partial charge in [-0.2, -0.15) is 0 Å². The van der Waals surface area contributed by atoms with Crippen molar-refractivity contribution < 1.29 is 9.47 Å². The molecule has 0 amide bonds. The molecule has 1 aliphatic rings. The van der Waals surface area contributed by atoms with Crippen molar-refractivity contribution in [2.45, 2.75) is 46.6 Å². The highest BCUT2D eigenvalue weighted by Crippen LogP contribution is 2.12. The number of guanidine groups is 1. The largest absolute Gasteiger partial charge is 0.381 e. The van der Waals surface area contributed by atoms with Gasteiger partial charge in [0.15, 0.2) is 5.96 Å². The molecule has 1 unspecified atom stereocenters. The van der Waals surface area contributed by atoms with Gasteiger partial charge in [0.2, 0.25) is 0 Å². The van der Waals surface area contributed by atoms with E-state index in [0.29, 0.717) is 12.0 Å². The SMILES string of the molecule is CCNC(=NCCCOCC1CCOC1)NCCN(CC)C(C)C.I. The predicted molar refractivity (Wildman–Crippen MR) is 116 cm³/mol. The van der Waals surface area contributed by atoms with Crippen LogP contribution in [0, 0.1) is 5.92 Å². The standard InChI is InChI=1S/C18H38N4O2.HI/c1-5-19-18(21-10-11-22(6-2)16(3)4)20-9-7-12-23-14-17-8-13-24-15-17;/h16-17H,5-15H2,1-4H3,(H2,19,20,21);1H. The van der Waals surface area contributed by atoms with E-state index in [2.05, 4.69) is 48.2 Å². The molecule has 6 nitrogen and oxygen atoms in total. The second-order valence-electron chi connectivity index (χ2n) is 6.57. The van der Waals surface area contributed by atoms with Crippen LogP contribution in [-0.4, -0.2) is 76.1 Å². The minimum atomic E-state index is 0. The van der Waals surface area contributed by atoms with E-state index in [1.807, 2.05) is 0 Å². The Morgan fingerprint density at radius 3 is 2.72 bits per heavy atom. The highest BCUT2D eigenvalue weighted by atomic mass is 127. The molecular weight excluding hydrogens is 431 g/mol. The molecule has 0 spiro atoms. The maximum atomic E-state index is 5.72. The normalized spacial score (nSPS) is 17.8. The molecule has 0 aliphatic carbocycles. The van der Waals surface area contributed by atoms with Crippen molar-refractivity contribution in [1.82, 2.24) is 15.5 Å². The van der Waals surface area contributed by atoms with Crippen LogP contribution in [0.4, 0.5) is 0 Å². The Labute approximate surface area is 171 Å². The third-order valence-corrected chi connectivity index (χ3v) is 4.27. The highest BCUT2D eigenvalue weighted by molar-refractivity contribution is 14.0. The molecule has 0 aromatic rings. The molecule has 0 aromatic carbocycles. The number of likely N-dealkylation sites (N-methyl/N-ethyl adjacent to an activating group) is 1. The number of aliphatic imine (C=N–C) groups is 1. The van der Waals surface area contributed by atoms with Crippen LogP contribution in [0.3, 0.4) is 0 Å². The minimum Gasteiger partial charge on any atom is -0.381 e. The maximum Gasteiger partial charge on any atom is 0.191 e. The van der Waals surface area contributed by atoms with Crippen molar-refractivity contribution in [2.75, 3.05) is 59.2 Å². The molecule has 1 saturated heterocycles. The summed E-state index contributed by atoms with van der Waals surface area (Å²) in [6.07, 6.45) is 2.09. The Kier molecular flexibility index (Phi) is 16.0. The summed E-state index contributed by atoms with van der Waals surface area (Å²) < 4.78 is 11.1. The summed E-state index contributed by atoms with van der Waals surface area (Å²) in [6, 6.07) is 0.582. The summed E-state index contributed by atoms with van der Waals surface area (Å²) >= 11 is 0. The van der Waals surface area contributed by atoms with E-state index >= 15 is 0 Å². The van der Waals surface area contributed by atoms with Crippen molar-refractivity contribution in [1.29, 1.82) is 0 Å². The van der Waals surface area contributed by atoms with E-state index < -0.39 is 0 Å². The fourth-order valence-electron chi connectivity index (χ4n) is 2.76. The lowest BCUT2D eigenvalue weighted by molar-refractivity contribution is 0.0893. The molecule has 25 heavy (non-hydrogen) atoms. The van der Waals surface area contributed by atoms with E-state index in [9.17, 15) is 0 Å². The Bertz CT molecular complexity index is 337. The van der Waals surface area contributed by atoms with Gasteiger partial charge in [0, 0.05) is 51.4 Å². The van der Waals surface area contributed by atoms with Crippen LogP contribution < -0.4 is 10.6 Å². The van der Waals surface area contributed by atoms with Gasteiger partial charge in [-0.15, -0.1) is 24.0 Å². The molecule has 7 heteroatoms. The van der Waals surface area contributed by atoms with E-state index in [-0.39, 0.29) is 24.0 Å². The molecule has 2 N–H and O–H groups in total. The van der Waals surface area contributed by atoms with Crippen molar-refractivity contribution in [3.63, 3.8) is 0 Å². The lowest BCUT2D eigenvalue weighted by Gasteiger charge is -2.25. The fourth-order valence-corrected chi connectivity index (χ4v) is 2.76. The summed E-state index contributed by atoms with van der Waals surface area (Å²) in [5.41, 5.74) is 0. The van der Waals surface area contributed by atoms with Crippen LogP contribution in [-0.2, 0) is 9.47 Å². The zero-order chi connectivity index (χ0) is 17.6. The Morgan fingerprint density at radius 2 is 2.12 bits per heavy atom. The molecule has 1 atom stereocenters. The van der Waals surface area contributed by atoms with Gasteiger partial charge in [-0.25, -0.2) is 0 Å². The lowest BCUT2D eigenvalue weighted by atomic mass is 10.1. The van der Waals surface area contributed by atoms with Crippen molar-refractivity contribution in [2.24, 2.45) is 10.9 Å². The van der Waals surface area contributed by atoms with Crippen LogP contribution in [0.25, 0.3) is 0 Å². The molecule has 1 aliphatic heterocycles. The molecule has 0 aromatic heterocycles. The smallest absolute Gasteiger partial charge is 0.191 e. The van der Waals surface area contributed by atoms with Crippen LogP contribution >= 0.6 is 24.0 Å². The Morgan fingerprint density at radius 1 is 1.32 bits per heavy atom. The number of rotatable bonds is 12. The number of halogens is 1. The molecule has 1 fully saturated rings. The summed E-state index contributed by atoms with van der Waals surface area (Å²) in [5.74, 6) is 1.50. The number of nitrogens with zero attached hydrogens (tertiary/aromatic N) is 2. The van der Waals surface area contributed by atoms with E-state index in [1.165, 1.54) is 0 Å². The first-order valence-corrected chi connectivity index (χ1v) is 9.59. The summed E-state index contributed by atoms with van der Waals surface area (Å²) in [7, 11) is 0. The summed E-state index contributed by atoms with van der Waals surface area (Å²) in [5, 5.41) is 6.72. The first kappa shape index (κ1) is 24.9. The van der Waals surface area contributed by atoms with Crippen LogP contribution in [0.15, 0.2) is 4.99 Å². The van der Waals surface area contributed by atoms with Crippen molar-refractivity contribution >= 4 is 29.9 Å². The predicted octanol–water partition coefficient (Wildman–Crippen LogP) is 2.33. The van der Waals surface area contributed by atoms with Gasteiger partial charge in [-0.05, 0) is 40.2 Å². The molecular formula is C18H39IN4O2. The van der Waals surface area contributed by atoms with Gasteiger partial charge in [-0.3, -0.25) is 9.89 Å². The number of ether oxygens (including phenoxy) is 2. The topological polar surface area (TPSA) is 58.1 Å². The number of hydrogen-bond donors (Lipinski definition) is 2. The Hall–Kier alpha value is -0.120. The number of hydrogen-bond acceptors (Lipinski definition) is 4. The van der Waals surface area contributed by atoms with Gasteiger partial charge in [0.05, 0.1) is 13.2 Å². The average molecular weight is 470 g/mol. The van der Waals surface area contributed by atoms with Crippen LogP contribution in [0.2, 0.25) is 0 Å². The van der Waals surface area contributed by atoms with Gasteiger partial charge in [-0.1, -0.05) is 6.92 Å². The second-order valence-corrected chi connectivity index (χ2v) is 6.57. The Balaban J connectivity index is 0.00000576. The van der Waals surface area contributed by atoms with Crippen molar-refractivity contribution in [3.05, 3.63) is 0 Å². The molecule has 0 radical (unpaired) electrons. The van der Waals surface area contributed by atoms with E-state index in [0.717, 1.165) is 78.0 Å². The molecule has 150 valence electrons. The van der Waals surface area contributed by atoms with Gasteiger partial charge in [0.25, 0.3) is 0 Å². The third kappa shape index (κ3) is 12.0. The third-order valence-electron chi connectivity index (χ3n) is 4.27. The fraction of sp³-hybridized carbons (Fsp3) is 0.944. The van der Waals surface area contributed by atoms with E-state index in [4.69, 9.17) is 9.47 Å². The lowest BCUT2D eigenvalue weighted by Crippen LogP contribution is -2.43. The molecule has 0 saturated carbocycles. The monoisotopic (exact) mass is 470 g/mol. The van der Waals surface area contributed by atoms with Gasteiger partial charge >= 0.3 is 0 Å². The first-order valence-electron chi connectivity index (χ1n) is 9.59. The zero-order valence-corrected chi connectivity index (χ0v) is 18.9. The summed E-state index contributed by atoms with van der Waals surface area (Å²) in [4.78, 5) is 7.06. The minimum absolute atomic E-state index is 0.